The molecule has 1 fully saturated rings. The fourth-order valence-electron chi connectivity index (χ4n) is 2.18. The average molecular weight is 245 g/mol. The van der Waals surface area contributed by atoms with Crippen LogP contribution in [0.4, 0.5) is 5.82 Å². The molecule has 94 valence electrons. The van der Waals surface area contributed by atoms with Gasteiger partial charge < -0.3 is 14.4 Å². The highest BCUT2D eigenvalue weighted by Gasteiger charge is 2.18. The van der Waals surface area contributed by atoms with Gasteiger partial charge in [-0.1, -0.05) is 0 Å². The average Bonchev–Trinajstić information content (AvgIpc) is 2.94. The van der Waals surface area contributed by atoms with Crippen LogP contribution >= 0.6 is 0 Å². The van der Waals surface area contributed by atoms with Crippen molar-refractivity contribution in [3.05, 3.63) is 31.0 Å². The molecule has 2 aromatic rings. The number of hydrogen-bond acceptors (Lipinski definition) is 5. The topological polar surface area (TPSA) is 62.4 Å². The number of furan rings is 1. The van der Waals surface area contributed by atoms with Crippen molar-refractivity contribution in [2.75, 3.05) is 18.0 Å². The maximum absolute atomic E-state index is 9.51. The summed E-state index contributed by atoms with van der Waals surface area (Å²) < 4.78 is 5.06. The fraction of sp³-hybridized carbons (Fsp3) is 0.385. The van der Waals surface area contributed by atoms with Gasteiger partial charge in [-0.2, -0.15) is 0 Å². The van der Waals surface area contributed by atoms with Gasteiger partial charge in [0.2, 0.25) is 0 Å². The molecule has 0 spiro atoms. The predicted octanol–water partition coefficient (Wildman–Crippen LogP) is 1.70. The third-order valence-corrected chi connectivity index (χ3v) is 3.26. The summed E-state index contributed by atoms with van der Waals surface area (Å²) in [5, 5.41) is 9.51. The van der Waals surface area contributed by atoms with Crippen LogP contribution in [0.1, 0.15) is 12.8 Å². The lowest BCUT2D eigenvalue weighted by atomic mass is 10.1. The van der Waals surface area contributed by atoms with Crippen molar-refractivity contribution in [1.82, 2.24) is 9.97 Å². The maximum atomic E-state index is 9.51. The molecule has 1 N–H and O–H groups in total. The standard InChI is InChI=1S/C13H15N3O2/c17-11-1-4-16(5-2-11)13-7-12(14-9-15-13)10-3-6-18-8-10/h3,6-9,11,17H,1-2,4-5H2. The quantitative estimate of drug-likeness (QED) is 0.872. The maximum Gasteiger partial charge on any atom is 0.132 e. The summed E-state index contributed by atoms with van der Waals surface area (Å²) >= 11 is 0. The number of aromatic nitrogens is 2. The van der Waals surface area contributed by atoms with E-state index in [9.17, 15) is 5.11 Å². The number of hydrogen-bond donors (Lipinski definition) is 1. The lowest BCUT2D eigenvalue weighted by Gasteiger charge is -2.30. The minimum absolute atomic E-state index is 0.170. The lowest BCUT2D eigenvalue weighted by Crippen LogP contribution is -2.36. The van der Waals surface area contributed by atoms with E-state index in [1.165, 1.54) is 0 Å². The van der Waals surface area contributed by atoms with Crippen LogP contribution < -0.4 is 4.90 Å². The molecule has 1 aliphatic rings. The van der Waals surface area contributed by atoms with E-state index in [0.29, 0.717) is 0 Å². The first-order valence-electron chi connectivity index (χ1n) is 6.10. The fourth-order valence-corrected chi connectivity index (χ4v) is 2.18. The summed E-state index contributed by atoms with van der Waals surface area (Å²) in [6, 6.07) is 3.84. The largest absolute Gasteiger partial charge is 0.472 e. The highest BCUT2D eigenvalue weighted by Crippen LogP contribution is 2.23. The zero-order valence-electron chi connectivity index (χ0n) is 9.99. The number of nitrogens with zero attached hydrogens (tertiary/aromatic N) is 3. The van der Waals surface area contributed by atoms with Crippen LogP contribution in [0.25, 0.3) is 11.3 Å². The second kappa shape index (κ2) is 4.78. The zero-order valence-corrected chi connectivity index (χ0v) is 9.99. The Morgan fingerprint density at radius 1 is 1.28 bits per heavy atom. The summed E-state index contributed by atoms with van der Waals surface area (Å²) in [6.07, 6.45) is 6.30. The summed E-state index contributed by atoms with van der Waals surface area (Å²) in [7, 11) is 0. The molecule has 5 nitrogen and oxygen atoms in total. The van der Waals surface area contributed by atoms with Gasteiger partial charge in [-0.15, -0.1) is 0 Å². The Bertz CT molecular complexity index is 505. The van der Waals surface area contributed by atoms with E-state index < -0.39 is 0 Å². The van der Waals surface area contributed by atoms with Crippen molar-refractivity contribution in [3.8, 4) is 11.3 Å². The Morgan fingerprint density at radius 3 is 2.83 bits per heavy atom. The van der Waals surface area contributed by atoms with Crippen LogP contribution in [-0.4, -0.2) is 34.3 Å². The summed E-state index contributed by atoms with van der Waals surface area (Å²) in [5.41, 5.74) is 1.82. The molecule has 18 heavy (non-hydrogen) atoms. The highest BCUT2D eigenvalue weighted by molar-refractivity contribution is 5.61. The van der Waals surface area contributed by atoms with Crippen LogP contribution in [-0.2, 0) is 0 Å². The molecule has 0 unspecified atom stereocenters. The molecule has 0 aliphatic carbocycles. The molecule has 0 saturated carbocycles. The van der Waals surface area contributed by atoms with Crippen LogP contribution in [0, 0.1) is 0 Å². The van der Waals surface area contributed by atoms with Crippen LogP contribution in [0.5, 0.6) is 0 Å². The van der Waals surface area contributed by atoms with E-state index in [-0.39, 0.29) is 6.10 Å². The normalized spacial score (nSPS) is 17.1. The van der Waals surface area contributed by atoms with Gasteiger partial charge in [0.05, 0.1) is 24.3 Å². The molecular formula is C13H15N3O2. The number of anilines is 1. The molecule has 1 aliphatic heterocycles. The second-order valence-corrected chi connectivity index (χ2v) is 4.49. The molecule has 0 amide bonds. The predicted molar refractivity (Wildman–Crippen MR) is 67.2 cm³/mol. The van der Waals surface area contributed by atoms with Crippen molar-refractivity contribution in [3.63, 3.8) is 0 Å². The van der Waals surface area contributed by atoms with Gasteiger partial charge in [-0.25, -0.2) is 9.97 Å². The number of aliphatic hydroxyl groups excluding tert-OH is 1. The van der Waals surface area contributed by atoms with E-state index in [2.05, 4.69) is 14.9 Å². The van der Waals surface area contributed by atoms with E-state index >= 15 is 0 Å². The van der Waals surface area contributed by atoms with Crippen molar-refractivity contribution < 1.29 is 9.52 Å². The molecular weight excluding hydrogens is 230 g/mol. The van der Waals surface area contributed by atoms with E-state index in [1.807, 2.05) is 12.1 Å². The van der Waals surface area contributed by atoms with Gasteiger partial charge >= 0.3 is 0 Å². The van der Waals surface area contributed by atoms with Crippen molar-refractivity contribution >= 4 is 5.82 Å². The molecule has 0 aromatic carbocycles. The van der Waals surface area contributed by atoms with Gasteiger partial charge in [-0.3, -0.25) is 0 Å². The van der Waals surface area contributed by atoms with Gasteiger partial charge in [0, 0.05) is 24.7 Å². The van der Waals surface area contributed by atoms with E-state index in [0.717, 1.165) is 43.0 Å². The van der Waals surface area contributed by atoms with Crippen LogP contribution in [0.2, 0.25) is 0 Å². The van der Waals surface area contributed by atoms with E-state index in [1.54, 1.807) is 18.9 Å². The van der Waals surface area contributed by atoms with Crippen LogP contribution in [0.15, 0.2) is 35.4 Å². The van der Waals surface area contributed by atoms with Crippen molar-refractivity contribution in [2.45, 2.75) is 18.9 Å². The smallest absolute Gasteiger partial charge is 0.132 e. The molecule has 5 heteroatoms. The summed E-state index contributed by atoms with van der Waals surface area (Å²) in [4.78, 5) is 10.7. The third kappa shape index (κ3) is 2.22. The molecule has 3 heterocycles. The third-order valence-electron chi connectivity index (χ3n) is 3.26. The molecule has 1 saturated heterocycles. The van der Waals surface area contributed by atoms with Crippen molar-refractivity contribution in [1.29, 1.82) is 0 Å². The second-order valence-electron chi connectivity index (χ2n) is 4.49. The molecule has 0 atom stereocenters. The minimum atomic E-state index is -0.170. The Balaban J connectivity index is 1.83. The van der Waals surface area contributed by atoms with Crippen molar-refractivity contribution in [2.24, 2.45) is 0 Å². The van der Waals surface area contributed by atoms with Gasteiger partial charge in [0.1, 0.15) is 12.1 Å². The lowest BCUT2D eigenvalue weighted by molar-refractivity contribution is 0.145. The molecule has 3 rings (SSSR count). The number of rotatable bonds is 2. The Kier molecular flexibility index (Phi) is 2.98. The summed E-state index contributed by atoms with van der Waals surface area (Å²) in [5.74, 6) is 0.910. The monoisotopic (exact) mass is 245 g/mol. The molecule has 0 bridgehead atoms. The first-order chi connectivity index (χ1) is 8.83. The minimum Gasteiger partial charge on any atom is -0.472 e. The SMILES string of the molecule is OC1CCN(c2cc(-c3ccoc3)ncn2)CC1. The number of aliphatic hydroxyl groups is 1. The first kappa shape index (κ1) is 11.2. The van der Waals surface area contributed by atoms with E-state index in [4.69, 9.17) is 4.42 Å². The Labute approximate surface area is 105 Å². The summed E-state index contributed by atoms with van der Waals surface area (Å²) in [6.45, 7) is 1.67. The Hall–Kier alpha value is -1.88. The van der Waals surface area contributed by atoms with Gasteiger partial charge in [0.25, 0.3) is 0 Å². The first-order valence-corrected chi connectivity index (χ1v) is 6.10. The Morgan fingerprint density at radius 2 is 2.11 bits per heavy atom. The zero-order chi connectivity index (χ0) is 12.4. The van der Waals surface area contributed by atoms with Gasteiger partial charge in [-0.05, 0) is 18.9 Å². The number of piperidine rings is 1. The molecule has 2 aromatic heterocycles. The van der Waals surface area contributed by atoms with Crippen LogP contribution in [0.3, 0.4) is 0 Å². The highest BCUT2D eigenvalue weighted by atomic mass is 16.3. The van der Waals surface area contributed by atoms with Gasteiger partial charge in [0.15, 0.2) is 0 Å². The molecule has 0 radical (unpaired) electrons.